The summed E-state index contributed by atoms with van der Waals surface area (Å²) in [6.45, 7) is 10.0. The molecular formula is C39H47N4O8PS. The molecular weight excluding hydrogens is 715 g/mol. The van der Waals surface area contributed by atoms with Crippen LogP contribution in [-0.4, -0.2) is 89.2 Å². The number of amides is 4. The van der Waals surface area contributed by atoms with Crippen LogP contribution in [0.4, 0.5) is 9.59 Å². The lowest BCUT2D eigenvalue weighted by molar-refractivity contribution is -0.125. The van der Waals surface area contributed by atoms with Crippen LogP contribution in [0.2, 0.25) is 0 Å². The van der Waals surface area contributed by atoms with Crippen molar-refractivity contribution in [1.82, 2.24) is 20.2 Å². The number of allylic oxidation sites excluding steroid dienone is 1. The van der Waals surface area contributed by atoms with Gasteiger partial charge >= 0.3 is 12.1 Å². The maximum Gasteiger partial charge on any atom is 0.410 e. The summed E-state index contributed by atoms with van der Waals surface area (Å²) in [5.41, 5.74) is -0.0430. The lowest BCUT2D eigenvalue weighted by Gasteiger charge is -2.35. The summed E-state index contributed by atoms with van der Waals surface area (Å²) in [7, 11) is -6.86. The van der Waals surface area contributed by atoms with Crippen LogP contribution in [0.25, 0.3) is 0 Å². The second-order valence-electron chi connectivity index (χ2n) is 14.1. The van der Waals surface area contributed by atoms with Gasteiger partial charge in [0.25, 0.3) is 0 Å². The third-order valence-electron chi connectivity index (χ3n) is 9.09. The van der Waals surface area contributed by atoms with Crippen molar-refractivity contribution in [1.29, 1.82) is 0 Å². The summed E-state index contributed by atoms with van der Waals surface area (Å²) in [6.07, 6.45) is 4.40. The first-order valence-electron chi connectivity index (χ1n) is 17.5. The predicted molar refractivity (Wildman–Crippen MR) is 205 cm³/mol. The van der Waals surface area contributed by atoms with Crippen LogP contribution in [0.5, 0.6) is 0 Å². The zero-order valence-electron chi connectivity index (χ0n) is 30.6. The number of hydrogen-bond acceptors (Lipinski definition) is 8. The third-order valence-corrected chi connectivity index (χ3v) is 13.5. The molecule has 2 bridgehead atoms. The van der Waals surface area contributed by atoms with Gasteiger partial charge in [0, 0.05) is 19.1 Å². The first-order valence-corrected chi connectivity index (χ1v) is 20.7. The quantitative estimate of drug-likeness (QED) is 0.148. The number of rotatable bonds is 8. The molecule has 2 atom stereocenters. The Morgan fingerprint density at radius 3 is 1.81 bits per heavy atom. The van der Waals surface area contributed by atoms with Crippen LogP contribution in [0, 0.1) is 0 Å². The van der Waals surface area contributed by atoms with Crippen LogP contribution >= 0.6 is 7.26 Å². The normalized spacial score (nSPS) is 19.4. The van der Waals surface area contributed by atoms with Gasteiger partial charge in [-0.05, 0) is 89.4 Å². The number of carbonyl (C=O) groups is 3. The summed E-state index contributed by atoms with van der Waals surface area (Å²) >= 11 is 0. The van der Waals surface area contributed by atoms with Gasteiger partial charge in [-0.2, -0.15) is 9.35 Å². The lowest BCUT2D eigenvalue weighted by atomic mass is 9.98. The molecule has 3 aromatic rings. The molecule has 2 saturated heterocycles. The molecule has 0 spiro atoms. The molecule has 2 fully saturated rings. The molecule has 0 saturated carbocycles. The summed E-state index contributed by atoms with van der Waals surface area (Å²) in [6, 6.07) is 29.9. The minimum absolute atomic E-state index is 0.0286. The Balaban J connectivity index is 0.000000216. The first kappa shape index (κ1) is 39.7. The van der Waals surface area contributed by atoms with Crippen molar-refractivity contribution in [2.45, 2.75) is 71.2 Å². The molecule has 0 aromatic heterocycles. The molecule has 282 valence electrons. The number of hydroxylamine groups is 2. The molecule has 3 aliphatic rings. The van der Waals surface area contributed by atoms with E-state index in [0.717, 1.165) is 0 Å². The number of hydrogen-bond donors (Lipinski definition) is 1. The fourth-order valence-corrected chi connectivity index (χ4v) is 11.0. The minimum Gasteiger partial charge on any atom is -0.724 e. The van der Waals surface area contributed by atoms with E-state index in [1.165, 1.54) is 20.8 Å². The number of piperidine rings is 1. The Labute approximate surface area is 312 Å². The molecule has 3 aromatic carbocycles. The van der Waals surface area contributed by atoms with Crippen LogP contribution in [0.1, 0.15) is 47.5 Å². The van der Waals surface area contributed by atoms with E-state index in [9.17, 15) is 27.4 Å². The topological polar surface area (TPSA) is 149 Å². The van der Waals surface area contributed by atoms with Gasteiger partial charge in [-0.25, -0.2) is 18.0 Å². The second kappa shape index (κ2) is 16.6. The fourth-order valence-electron chi connectivity index (χ4n) is 6.86. The molecule has 6 rings (SSSR count). The maximum atomic E-state index is 12.9. The minimum atomic E-state index is -5.12. The zero-order chi connectivity index (χ0) is 38.4. The van der Waals surface area contributed by atoms with Gasteiger partial charge in [0.1, 0.15) is 34.8 Å². The van der Waals surface area contributed by atoms with Crippen molar-refractivity contribution >= 4 is 51.6 Å². The molecule has 4 amide bonds. The number of nitrogens with zero attached hydrogens (tertiary/aromatic N) is 3. The van der Waals surface area contributed by atoms with E-state index in [1.807, 2.05) is 0 Å². The summed E-state index contributed by atoms with van der Waals surface area (Å²) in [5.74, 6) is 2.00. The summed E-state index contributed by atoms with van der Waals surface area (Å²) < 4.78 is 42.3. The van der Waals surface area contributed by atoms with Gasteiger partial charge in [-0.15, -0.1) is 0 Å². The largest absolute Gasteiger partial charge is 0.724 e. The number of nitrogens with one attached hydrogen (secondary N) is 1. The average molecular weight is 763 g/mol. The highest BCUT2D eigenvalue weighted by Gasteiger charge is 2.48. The summed E-state index contributed by atoms with van der Waals surface area (Å²) in [4.78, 5) is 40.4. The van der Waals surface area contributed by atoms with Crippen molar-refractivity contribution in [3.8, 4) is 0 Å². The Morgan fingerprint density at radius 1 is 0.887 bits per heavy atom. The first-order chi connectivity index (χ1) is 25.1. The smallest absolute Gasteiger partial charge is 0.410 e. The van der Waals surface area contributed by atoms with Crippen molar-refractivity contribution in [2.75, 3.05) is 19.6 Å². The van der Waals surface area contributed by atoms with E-state index in [-0.39, 0.29) is 12.6 Å². The highest BCUT2D eigenvalue weighted by Crippen LogP contribution is 2.56. The molecule has 0 radical (unpaired) electrons. The Bertz CT molecular complexity index is 1820. The van der Waals surface area contributed by atoms with E-state index < -0.39 is 53.4 Å². The van der Waals surface area contributed by atoms with Crippen LogP contribution in [-0.2, 0) is 24.2 Å². The Hall–Kier alpha value is -4.55. The second-order valence-corrected chi connectivity index (χ2v) is 18.3. The van der Waals surface area contributed by atoms with Gasteiger partial charge < -0.3 is 24.4 Å². The molecule has 0 unspecified atom stereocenters. The predicted octanol–water partition coefficient (Wildman–Crippen LogP) is 4.84. The van der Waals surface area contributed by atoms with Gasteiger partial charge in [0.2, 0.25) is 16.3 Å². The van der Waals surface area contributed by atoms with Gasteiger partial charge in [0.05, 0.1) is 18.4 Å². The van der Waals surface area contributed by atoms with Crippen molar-refractivity contribution < 1.29 is 36.4 Å². The Morgan fingerprint density at radius 2 is 1.38 bits per heavy atom. The molecule has 14 heteroatoms. The molecule has 12 nitrogen and oxygen atoms in total. The SMILES string of the molecule is C/C=C/[P+](c1ccccc1)(c1ccccc1)c1ccccc1.CC1=C[C@@H]2CN(C(=O)N2OS(=O)(=O)[O-])[C@@H]1C(=O)NC1CCN(C(=O)OC(C)(C)C)CC1. The summed E-state index contributed by atoms with van der Waals surface area (Å²) in [5, 5.41) is 7.57. The third kappa shape index (κ3) is 9.52. The fraction of sp³-hybridized carbons (Fsp3) is 0.359. The molecule has 3 aliphatic heterocycles. The van der Waals surface area contributed by atoms with Gasteiger partial charge in [-0.3, -0.25) is 4.79 Å². The van der Waals surface area contributed by atoms with Crippen LogP contribution in [0.15, 0.2) is 115 Å². The number of likely N-dealkylation sites (tertiary alicyclic amines) is 1. The molecule has 1 N–H and O–H groups in total. The highest BCUT2D eigenvalue weighted by atomic mass is 32.3. The molecule has 53 heavy (non-hydrogen) atoms. The van der Waals surface area contributed by atoms with Crippen LogP contribution in [0.3, 0.4) is 0 Å². The van der Waals surface area contributed by atoms with E-state index >= 15 is 0 Å². The molecule has 3 heterocycles. The average Bonchev–Trinajstić information content (AvgIpc) is 3.35. The number of fused-ring (bicyclic) bond motifs is 2. The van der Waals surface area contributed by atoms with Crippen LogP contribution < -0.4 is 21.2 Å². The standard InChI is InChI=1S/C21H20P.C18H28N4O8S/c1-2-18-22(19-12-6-3-7-13-19,20-14-8-4-9-15-20)21-16-10-5-11-17-21;1-11-9-13-10-21(16(24)22(13)30-31(26,27)28)14(11)15(23)19-12-5-7-20(8-6-12)17(25)29-18(2,3)4/h2-18H,1H3;9,12-14H,5-8,10H2,1-4H3,(H,19,23)(H,26,27,28)/q+1;/p-1/b18-2+;/t;13-,14+/m.1/s1. The van der Waals surface area contributed by atoms with Gasteiger partial charge in [0.15, 0.2) is 0 Å². The lowest BCUT2D eigenvalue weighted by Crippen LogP contribution is -2.54. The highest BCUT2D eigenvalue weighted by molar-refractivity contribution is 7.98. The maximum absolute atomic E-state index is 12.9. The molecule has 0 aliphatic carbocycles. The number of urea groups is 1. The monoisotopic (exact) mass is 762 g/mol. The number of carbonyl (C=O) groups excluding carboxylic acids is 3. The van der Waals surface area contributed by atoms with E-state index in [4.69, 9.17) is 4.74 Å². The van der Waals surface area contributed by atoms with Crippen molar-refractivity contribution in [3.05, 3.63) is 115 Å². The Kier molecular flexibility index (Phi) is 12.4. The van der Waals surface area contributed by atoms with Crippen molar-refractivity contribution in [2.24, 2.45) is 0 Å². The number of ether oxygens (including phenoxy) is 1. The van der Waals surface area contributed by atoms with E-state index in [1.54, 1.807) is 38.7 Å². The zero-order valence-corrected chi connectivity index (χ0v) is 32.3. The number of benzene rings is 3. The van der Waals surface area contributed by atoms with E-state index in [0.29, 0.717) is 36.6 Å². The van der Waals surface area contributed by atoms with E-state index in [2.05, 4.69) is 119 Å². The van der Waals surface area contributed by atoms with Crippen molar-refractivity contribution in [3.63, 3.8) is 0 Å². The van der Waals surface area contributed by atoms with Gasteiger partial charge in [-0.1, -0.05) is 66.7 Å².